The van der Waals surface area contributed by atoms with E-state index < -0.39 is 57.4 Å². The number of nitrogens with two attached hydrogens (primary N) is 1. The number of nitrogens with one attached hydrogen (secondary N) is 1. The van der Waals surface area contributed by atoms with Crippen LogP contribution in [0.1, 0.15) is 53.3 Å². The standard InChI is InChI=1S/C30H31ClF5N5O3S/c31-23-9-6-18(11-25(23)33)27(19-13-39-29(40-14-19)30(34,35)36)28(37)26(42)12-17-3-1-5-24(32)22(17)8-7-21-15-38-20-4-2-10-45(43,44)41(21)16-20/h1,3,5-6,9,11,13-14,20-21,27-28,38H,2,4,7-8,10,12,15-16,37H2/t20-,21+,27+,28-/m1/s1. The number of aromatic nitrogens is 2. The van der Waals surface area contributed by atoms with Crippen LogP contribution in [0.2, 0.25) is 5.02 Å². The number of hydrogen-bond donors (Lipinski definition) is 2. The number of Topliss-reactive ketones (excluding diaryl/α,β-unsaturated/α-hetero) is 1. The molecule has 5 rings (SSSR count). The smallest absolute Gasteiger partial charge is 0.321 e. The number of rotatable bonds is 9. The zero-order chi connectivity index (χ0) is 32.5. The summed E-state index contributed by atoms with van der Waals surface area (Å²) >= 11 is 5.82. The van der Waals surface area contributed by atoms with Crippen molar-refractivity contribution in [3.8, 4) is 0 Å². The SMILES string of the molecule is N[C@H](C(=O)Cc1cccc(F)c1CC[C@H]1CN[C@@H]2CCCS(=O)(=O)N1C2)[C@H](c1cnc(C(F)(F)F)nc1)c1ccc(Cl)c(F)c1. The van der Waals surface area contributed by atoms with Gasteiger partial charge >= 0.3 is 6.18 Å². The summed E-state index contributed by atoms with van der Waals surface area (Å²) in [5, 5.41) is 3.17. The molecule has 3 aromatic rings. The maximum Gasteiger partial charge on any atom is 0.451 e. The lowest BCUT2D eigenvalue weighted by atomic mass is 9.83. The fourth-order valence-corrected chi connectivity index (χ4v) is 7.98. The Bertz CT molecular complexity index is 1660. The van der Waals surface area contributed by atoms with Gasteiger partial charge in [0.2, 0.25) is 15.8 Å². The number of alkyl halides is 3. The Hall–Kier alpha value is -3.04. The summed E-state index contributed by atoms with van der Waals surface area (Å²) in [5.41, 5.74) is 7.16. The largest absolute Gasteiger partial charge is 0.451 e. The van der Waals surface area contributed by atoms with Crippen molar-refractivity contribution >= 4 is 27.4 Å². The summed E-state index contributed by atoms with van der Waals surface area (Å²) in [7, 11) is -3.45. The summed E-state index contributed by atoms with van der Waals surface area (Å²) < 4.78 is 96.2. The zero-order valence-corrected chi connectivity index (χ0v) is 25.5. The molecule has 15 heteroatoms. The van der Waals surface area contributed by atoms with Crippen LogP contribution in [0.15, 0.2) is 48.8 Å². The number of carbonyl (C=O) groups is 1. The van der Waals surface area contributed by atoms with Gasteiger partial charge in [-0.1, -0.05) is 29.8 Å². The Labute approximate surface area is 262 Å². The molecule has 2 aliphatic heterocycles. The Balaban J connectivity index is 1.39. The van der Waals surface area contributed by atoms with Gasteiger partial charge < -0.3 is 11.1 Å². The van der Waals surface area contributed by atoms with Gasteiger partial charge in [0.25, 0.3) is 0 Å². The lowest BCUT2D eigenvalue weighted by Gasteiger charge is -2.37. The molecule has 45 heavy (non-hydrogen) atoms. The molecule has 2 bridgehead atoms. The van der Waals surface area contributed by atoms with Crippen molar-refractivity contribution in [3.05, 3.63) is 93.5 Å². The summed E-state index contributed by atoms with van der Waals surface area (Å²) in [5.74, 6) is -4.48. The van der Waals surface area contributed by atoms with Crippen molar-refractivity contribution in [2.45, 2.75) is 62.3 Å². The number of piperazine rings is 1. The fraction of sp³-hybridized carbons (Fsp3) is 0.433. The molecule has 1 aromatic heterocycles. The van der Waals surface area contributed by atoms with Gasteiger partial charge in [0, 0.05) is 49.9 Å². The van der Waals surface area contributed by atoms with E-state index in [2.05, 4.69) is 15.3 Å². The topological polar surface area (TPSA) is 118 Å². The first-order chi connectivity index (χ1) is 21.2. The second-order valence-electron chi connectivity index (χ2n) is 11.4. The maximum absolute atomic E-state index is 15.2. The molecule has 2 saturated heterocycles. The molecular weight excluding hydrogens is 641 g/mol. The highest BCUT2D eigenvalue weighted by Gasteiger charge is 2.38. The van der Waals surface area contributed by atoms with Crippen LogP contribution in [0.25, 0.3) is 0 Å². The number of hydrogen-bond acceptors (Lipinski definition) is 7. The Kier molecular flexibility index (Phi) is 9.90. The first kappa shape index (κ1) is 33.3. The predicted molar refractivity (Wildman–Crippen MR) is 157 cm³/mol. The Morgan fingerprint density at radius 3 is 2.53 bits per heavy atom. The molecule has 2 aliphatic rings. The molecule has 5 atom stereocenters. The third-order valence-electron chi connectivity index (χ3n) is 8.39. The number of benzene rings is 2. The highest BCUT2D eigenvalue weighted by molar-refractivity contribution is 7.89. The van der Waals surface area contributed by atoms with E-state index in [0.717, 1.165) is 24.9 Å². The highest BCUT2D eigenvalue weighted by atomic mass is 35.5. The third kappa shape index (κ3) is 7.51. The molecule has 0 amide bonds. The second kappa shape index (κ2) is 13.4. The van der Waals surface area contributed by atoms with Crippen LogP contribution in [-0.2, 0) is 33.8 Å². The monoisotopic (exact) mass is 671 g/mol. The Morgan fingerprint density at radius 2 is 1.84 bits per heavy atom. The minimum absolute atomic E-state index is 0.0341. The average Bonchev–Trinajstić information content (AvgIpc) is 3.10. The van der Waals surface area contributed by atoms with Crippen LogP contribution in [0, 0.1) is 11.6 Å². The van der Waals surface area contributed by atoms with Crippen molar-refractivity contribution < 1.29 is 35.2 Å². The lowest BCUT2D eigenvalue weighted by molar-refractivity contribution is -0.145. The molecule has 242 valence electrons. The van der Waals surface area contributed by atoms with Gasteiger partial charge in [-0.3, -0.25) is 4.79 Å². The summed E-state index contributed by atoms with van der Waals surface area (Å²) in [4.78, 5) is 20.4. The summed E-state index contributed by atoms with van der Waals surface area (Å²) in [6, 6.07) is 6.19. The molecule has 2 aromatic carbocycles. The molecule has 0 saturated carbocycles. The van der Waals surface area contributed by atoms with Crippen molar-refractivity contribution in [2.75, 3.05) is 18.8 Å². The van der Waals surface area contributed by atoms with Gasteiger partial charge in [-0.25, -0.2) is 27.2 Å². The predicted octanol–water partition coefficient (Wildman–Crippen LogP) is 4.40. The number of sulfonamides is 1. The summed E-state index contributed by atoms with van der Waals surface area (Å²) in [6.07, 6.45) is -1.61. The first-order valence-electron chi connectivity index (χ1n) is 14.4. The fourth-order valence-electron chi connectivity index (χ4n) is 6.05. The van der Waals surface area contributed by atoms with Crippen LogP contribution >= 0.6 is 11.6 Å². The van der Waals surface area contributed by atoms with Crippen molar-refractivity contribution in [1.29, 1.82) is 0 Å². The number of fused-ring (bicyclic) bond motifs is 2. The van der Waals surface area contributed by atoms with E-state index in [9.17, 15) is 30.8 Å². The quantitative estimate of drug-likeness (QED) is 0.324. The van der Waals surface area contributed by atoms with E-state index in [1.165, 1.54) is 28.6 Å². The molecule has 3 heterocycles. The molecule has 0 radical (unpaired) electrons. The first-order valence-corrected chi connectivity index (χ1v) is 16.3. The van der Waals surface area contributed by atoms with Gasteiger partial charge in [0.05, 0.1) is 16.8 Å². The summed E-state index contributed by atoms with van der Waals surface area (Å²) in [6.45, 7) is 0.775. The van der Waals surface area contributed by atoms with Crippen LogP contribution < -0.4 is 11.1 Å². The molecule has 0 aliphatic carbocycles. The van der Waals surface area contributed by atoms with Crippen LogP contribution in [0.4, 0.5) is 22.0 Å². The normalized spacial score (nSPS) is 22.8. The lowest BCUT2D eigenvalue weighted by Crippen LogP contribution is -2.57. The minimum atomic E-state index is -4.81. The van der Waals surface area contributed by atoms with Gasteiger partial charge in [0.15, 0.2) is 5.78 Å². The van der Waals surface area contributed by atoms with E-state index in [1.54, 1.807) is 6.07 Å². The van der Waals surface area contributed by atoms with Crippen molar-refractivity contribution in [2.24, 2.45) is 5.73 Å². The van der Waals surface area contributed by atoms with Gasteiger partial charge in [-0.15, -0.1) is 0 Å². The third-order valence-corrected chi connectivity index (χ3v) is 10.7. The van der Waals surface area contributed by atoms with E-state index in [0.29, 0.717) is 31.5 Å². The molecule has 1 unspecified atom stereocenters. The van der Waals surface area contributed by atoms with Crippen LogP contribution in [0.3, 0.4) is 0 Å². The van der Waals surface area contributed by atoms with Gasteiger partial charge in [-0.05, 0) is 66.1 Å². The van der Waals surface area contributed by atoms with E-state index in [4.69, 9.17) is 17.3 Å². The molecule has 2 fully saturated rings. The highest BCUT2D eigenvalue weighted by Crippen LogP contribution is 2.32. The van der Waals surface area contributed by atoms with Gasteiger partial charge in [-0.2, -0.15) is 17.5 Å². The average molecular weight is 672 g/mol. The zero-order valence-electron chi connectivity index (χ0n) is 23.9. The second-order valence-corrected chi connectivity index (χ2v) is 13.8. The van der Waals surface area contributed by atoms with Crippen LogP contribution in [-0.4, -0.2) is 65.4 Å². The van der Waals surface area contributed by atoms with Crippen molar-refractivity contribution in [1.82, 2.24) is 19.6 Å². The maximum atomic E-state index is 15.2. The number of carbonyl (C=O) groups excluding carboxylic acids is 1. The molecular formula is C30H31ClF5N5O3S. The van der Waals surface area contributed by atoms with Gasteiger partial charge in [0.1, 0.15) is 11.6 Å². The van der Waals surface area contributed by atoms with E-state index in [1.807, 2.05) is 0 Å². The number of nitrogens with zero attached hydrogens (tertiary/aromatic N) is 3. The Morgan fingerprint density at radius 1 is 1.11 bits per heavy atom. The van der Waals surface area contributed by atoms with Crippen molar-refractivity contribution in [3.63, 3.8) is 0 Å². The minimum Gasteiger partial charge on any atom is -0.321 e. The number of halogens is 6. The van der Waals surface area contributed by atoms with E-state index in [-0.39, 0.29) is 46.3 Å². The molecule has 3 N–H and O–H groups in total. The van der Waals surface area contributed by atoms with Crippen LogP contribution in [0.5, 0.6) is 0 Å². The number of ketones is 1. The van der Waals surface area contributed by atoms with E-state index >= 15 is 4.39 Å². The molecule has 0 spiro atoms. The molecule has 8 nitrogen and oxygen atoms in total.